The largest absolute Gasteiger partial charge is 0.496 e. The third-order valence-corrected chi connectivity index (χ3v) is 1.98. The van der Waals surface area contributed by atoms with Crippen molar-refractivity contribution < 1.29 is 29.1 Å². The maximum Gasteiger partial charge on any atom is 0.488 e. The van der Waals surface area contributed by atoms with Gasteiger partial charge in [0.1, 0.15) is 11.3 Å². The molecule has 0 aliphatic carbocycles. The summed E-state index contributed by atoms with van der Waals surface area (Å²) in [7, 11) is -0.352. The van der Waals surface area contributed by atoms with Gasteiger partial charge < -0.3 is 19.5 Å². The number of hydrogen-bond donors (Lipinski definition) is 2. The van der Waals surface area contributed by atoms with Gasteiger partial charge in [-0.15, -0.1) is 0 Å². The van der Waals surface area contributed by atoms with Crippen LogP contribution < -0.4 is 10.2 Å². The molecule has 1 aromatic carbocycles. The van der Waals surface area contributed by atoms with Gasteiger partial charge in [-0.1, -0.05) is 6.07 Å². The number of methoxy groups -OCH3 is 1. The molecule has 1 rings (SSSR count). The summed E-state index contributed by atoms with van der Waals surface area (Å²) in [6.07, 6.45) is 0. The number of rotatable bonds is 3. The van der Waals surface area contributed by atoms with Gasteiger partial charge in [0.2, 0.25) is 0 Å². The third-order valence-electron chi connectivity index (χ3n) is 1.98. The number of carbonyl (C=O) groups excluding carboxylic acids is 2. The van der Waals surface area contributed by atoms with Crippen LogP contribution in [0.25, 0.3) is 0 Å². The van der Waals surface area contributed by atoms with Gasteiger partial charge in [0.05, 0.1) is 7.11 Å². The van der Waals surface area contributed by atoms with Crippen LogP contribution in [-0.4, -0.2) is 36.2 Å². The molecule has 0 bridgehead atoms. The van der Waals surface area contributed by atoms with E-state index in [1.807, 2.05) is 0 Å². The number of esters is 2. The molecule has 0 radical (unpaired) electrons. The second kappa shape index (κ2) is 5.47. The van der Waals surface area contributed by atoms with Crippen LogP contribution in [0.2, 0.25) is 0 Å². The lowest BCUT2D eigenvalue weighted by Gasteiger charge is -2.08. The number of carbonyl (C=O) groups is 2. The van der Waals surface area contributed by atoms with Crippen molar-refractivity contribution in [1.82, 2.24) is 0 Å². The van der Waals surface area contributed by atoms with Gasteiger partial charge in [-0.2, -0.15) is 0 Å². The highest BCUT2D eigenvalue weighted by molar-refractivity contribution is 6.58. The van der Waals surface area contributed by atoms with E-state index in [9.17, 15) is 9.59 Å². The highest BCUT2D eigenvalue weighted by Gasteiger charge is 2.19. The Morgan fingerprint density at radius 1 is 1.29 bits per heavy atom. The quantitative estimate of drug-likeness (QED) is 0.401. The van der Waals surface area contributed by atoms with Crippen molar-refractivity contribution in [1.29, 1.82) is 0 Å². The minimum atomic E-state index is -1.67. The normalized spacial score (nSPS) is 9.65. The molecule has 2 N–H and O–H groups in total. The fourth-order valence-corrected chi connectivity index (χ4v) is 1.22. The van der Waals surface area contributed by atoms with Crippen molar-refractivity contribution in [3.63, 3.8) is 0 Å². The summed E-state index contributed by atoms with van der Waals surface area (Å²) < 4.78 is 9.30. The molecule has 0 aromatic heterocycles. The van der Waals surface area contributed by atoms with E-state index in [4.69, 9.17) is 14.8 Å². The zero-order valence-corrected chi connectivity index (χ0v) is 9.34. The Balaban J connectivity index is 3.08. The molecule has 0 spiro atoms. The lowest BCUT2D eigenvalue weighted by Crippen LogP contribution is -2.30. The summed E-state index contributed by atoms with van der Waals surface area (Å²) in [5, 5.41) is 17.9. The fraction of sp³-hybridized carbons (Fsp3) is 0.200. The molecule has 0 unspecified atom stereocenters. The number of ether oxygens (including phenoxy) is 2. The van der Waals surface area contributed by atoms with Crippen molar-refractivity contribution in [2.45, 2.75) is 6.92 Å². The van der Waals surface area contributed by atoms with Crippen molar-refractivity contribution in [2.24, 2.45) is 0 Å². The maximum atomic E-state index is 11.5. The maximum absolute atomic E-state index is 11.5. The number of hydrogen-bond acceptors (Lipinski definition) is 6. The third kappa shape index (κ3) is 3.30. The van der Waals surface area contributed by atoms with E-state index < -0.39 is 19.1 Å². The Kier molecular flexibility index (Phi) is 4.25. The van der Waals surface area contributed by atoms with Gasteiger partial charge in [0.15, 0.2) is 0 Å². The van der Waals surface area contributed by atoms with E-state index >= 15 is 0 Å². The lowest BCUT2D eigenvalue weighted by molar-refractivity contribution is -0.135. The topological polar surface area (TPSA) is 93.1 Å². The van der Waals surface area contributed by atoms with Crippen molar-refractivity contribution in [3.05, 3.63) is 23.8 Å². The molecule has 0 heterocycles. The minimum absolute atomic E-state index is 0.0344. The molecule has 1 aromatic rings. The average molecular weight is 238 g/mol. The zero-order chi connectivity index (χ0) is 13.0. The standard InChI is InChI=1S/C10H11BO6/c1-6(12)17-10(13)8-4-3-7(11(14)15)5-9(8)16-2/h3-5,14-15H,1-2H3. The first kappa shape index (κ1) is 13.2. The molecule has 0 amide bonds. The van der Waals surface area contributed by atoms with Crippen LogP contribution in [0.4, 0.5) is 0 Å². The van der Waals surface area contributed by atoms with E-state index in [1.54, 1.807) is 0 Å². The van der Waals surface area contributed by atoms with Gasteiger partial charge in [-0.3, -0.25) is 4.79 Å². The zero-order valence-electron chi connectivity index (χ0n) is 9.34. The minimum Gasteiger partial charge on any atom is -0.496 e. The van der Waals surface area contributed by atoms with Crippen LogP contribution in [0.15, 0.2) is 18.2 Å². The molecular weight excluding hydrogens is 227 g/mol. The van der Waals surface area contributed by atoms with Gasteiger partial charge >= 0.3 is 19.1 Å². The average Bonchev–Trinajstić information content (AvgIpc) is 2.27. The highest BCUT2D eigenvalue weighted by Crippen LogP contribution is 2.17. The molecule has 0 fully saturated rings. The number of benzene rings is 1. The summed E-state index contributed by atoms with van der Waals surface area (Å²) in [5.74, 6) is -1.49. The van der Waals surface area contributed by atoms with Gasteiger partial charge in [-0.25, -0.2) is 4.79 Å². The monoisotopic (exact) mass is 238 g/mol. The van der Waals surface area contributed by atoms with Crippen molar-refractivity contribution in [3.8, 4) is 5.75 Å². The molecule has 0 aliphatic heterocycles. The Bertz CT molecular complexity index is 442. The molecule has 0 aliphatic rings. The summed E-state index contributed by atoms with van der Waals surface area (Å²) in [6, 6.07) is 3.89. The Hall–Kier alpha value is -1.86. The highest BCUT2D eigenvalue weighted by atomic mass is 16.6. The first-order valence-electron chi connectivity index (χ1n) is 4.72. The molecule has 90 valence electrons. The summed E-state index contributed by atoms with van der Waals surface area (Å²) >= 11 is 0. The Morgan fingerprint density at radius 3 is 2.41 bits per heavy atom. The lowest BCUT2D eigenvalue weighted by atomic mass is 9.80. The second-order valence-corrected chi connectivity index (χ2v) is 3.21. The summed E-state index contributed by atoms with van der Waals surface area (Å²) in [5.41, 5.74) is 0.202. The molecule has 7 heteroatoms. The van der Waals surface area contributed by atoms with E-state index in [0.717, 1.165) is 6.92 Å². The summed E-state index contributed by atoms with van der Waals surface area (Å²) in [6.45, 7) is 1.11. The van der Waals surface area contributed by atoms with Gasteiger partial charge in [-0.05, 0) is 17.6 Å². The Morgan fingerprint density at radius 2 is 1.94 bits per heavy atom. The molecule has 0 saturated carbocycles. The van der Waals surface area contributed by atoms with Crippen molar-refractivity contribution in [2.75, 3.05) is 7.11 Å². The SMILES string of the molecule is COc1cc(B(O)O)ccc1C(=O)OC(C)=O. The van der Waals surface area contributed by atoms with Gasteiger partial charge in [0.25, 0.3) is 0 Å². The van der Waals surface area contributed by atoms with E-state index in [0.29, 0.717) is 0 Å². The van der Waals surface area contributed by atoms with Crippen LogP contribution in [0, 0.1) is 0 Å². The van der Waals surface area contributed by atoms with Crippen LogP contribution in [0.3, 0.4) is 0 Å². The second-order valence-electron chi connectivity index (χ2n) is 3.21. The van der Waals surface area contributed by atoms with Crippen LogP contribution in [-0.2, 0) is 9.53 Å². The van der Waals surface area contributed by atoms with Crippen LogP contribution in [0.1, 0.15) is 17.3 Å². The first-order valence-corrected chi connectivity index (χ1v) is 4.72. The van der Waals surface area contributed by atoms with E-state index in [2.05, 4.69) is 4.74 Å². The molecular formula is C10H11BO6. The predicted octanol–water partition coefficient (Wildman–Crippen LogP) is -0.922. The fourth-order valence-electron chi connectivity index (χ4n) is 1.22. The van der Waals surface area contributed by atoms with E-state index in [-0.39, 0.29) is 16.8 Å². The van der Waals surface area contributed by atoms with Gasteiger partial charge in [0, 0.05) is 6.92 Å². The molecule has 6 nitrogen and oxygen atoms in total. The molecule has 0 saturated heterocycles. The Labute approximate surface area is 97.9 Å². The molecule has 17 heavy (non-hydrogen) atoms. The van der Waals surface area contributed by atoms with Crippen molar-refractivity contribution >= 4 is 24.5 Å². The van der Waals surface area contributed by atoms with Crippen LogP contribution >= 0.6 is 0 Å². The predicted molar refractivity (Wildman–Crippen MR) is 58.9 cm³/mol. The smallest absolute Gasteiger partial charge is 0.488 e. The van der Waals surface area contributed by atoms with E-state index in [1.165, 1.54) is 25.3 Å². The summed E-state index contributed by atoms with van der Waals surface area (Å²) in [4.78, 5) is 22.1. The first-order chi connectivity index (χ1) is 7.95. The van der Waals surface area contributed by atoms with Crippen LogP contribution in [0.5, 0.6) is 5.75 Å². The molecule has 0 atom stereocenters.